The summed E-state index contributed by atoms with van der Waals surface area (Å²) in [6, 6.07) is 7.17. The van der Waals surface area contributed by atoms with Crippen molar-refractivity contribution in [1.82, 2.24) is 10.6 Å². The van der Waals surface area contributed by atoms with Crippen LogP contribution in [0.25, 0.3) is 0 Å². The summed E-state index contributed by atoms with van der Waals surface area (Å²) >= 11 is 0. The SMILES string of the molecule is Cc1cccc(C(=O)OCC(=O)NC(=O)NCc2ccco2)c1O. The number of rotatable bonds is 5. The smallest absolute Gasteiger partial charge is 0.342 e. The third kappa shape index (κ3) is 4.60. The Morgan fingerprint density at radius 1 is 1.21 bits per heavy atom. The molecule has 0 aliphatic heterocycles. The second-order valence-corrected chi connectivity index (χ2v) is 4.86. The fourth-order valence-electron chi connectivity index (χ4n) is 1.82. The molecule has 2 aromatic rings. The highest BCUT2D eigenvalue weighted by Gasteiger charge is 2.16. The predicted octanol–water partition coefficient (Wildman–Crippen LogP) is 1.48. The third-order valence-corrected chi connectivity index (χ3v) is 3.05. The zero-order chi connectivity index (χ0) is 17.5. The molecule has 0 unspecified atom stereocenters. The zero-order valence-electron chi connectivity index (χ0n) is 12.9. The number of aryl methyl sites for hydroxylation is 1. The number of aromatic hydroxyl groups is 1. The van der Waals surface area contributed by atoms with Gasteiger partial charge in [0.25, 0.3) is 5.91 Å². The minimum Gasteiger partial charge on any atom is -0.507 e. The first-order chi connectivity index (χ1) is 11.5. The fourth-order valence-corrected chi connectivity index (χ4v) is 1.82. The summed E-state index contributed by atoms with van der Waals surface area (Å²) in [5.74, 6) is -1.34. The van der Waals surface area contributed by atoms with Gasteiger partial charge < -0.3 is 19.6 Å². The summed E-state index contributed by atoms with van der Waals surface area (Å²) in [5, 5.41) is 14.2. The molecule has 8 nitrogen and oxygen atoms in total. The van der Waals surface area contributed by atoms with Crippen LogP contribution < -0.4 is 10.6 Å². The lowest BCUT2D eigenvalue weighted by Crippen LogP contribution is -2.41. The number of esters is 1. The highest BCUT2D eigenvalue weighted by atomic mass is 16.5. The maximum atomic E-state index is 11.8. The molecular weight excluding hydrogens is 316 g/mol. The fraction of sp³-hybridized carbons (Fsp3) is 0.188. The predicted molar refractivity (Wildman–Crippen MR) is 82.2 cm³/mol. The van der Waals surface area contributed by atoms with Crippen LogP contribution >= 0.6 is 0 Å². The van der Waals surface area contributed by atoms with E-state index >= 15 is 0 Å². The molecule has 3 amide bonds. The number of benzene rings is 1. The van der Waals surface area contributed by atoms with E-state index in [0.717, 1.165) is 0 Å². The molecule has 8 heteroatoms. The van der Waals surface area contributed by atoms with Crippen LogP contribution in [0, 0.1) is 6.92 Å². The van der Waals surface area contributed by atoms with Crippen LogP contribution in [0.15, 0.2) is 41.0 Å². The van der Waals surface area contributed by atoms with Crippen LogP contribution in [0.5, 0.6) is 5.75 Å². The van der Waals surface area contributed by atoms with E-state index in [1.165, 1.54) is 12.3 Å². The lowest BCUT2D eigenvalue weighted by Gasteiger charge is -2.08. The number of hydrogen-bond acceptors (Lipinski definition) is 6. The van der Waals surface area contributed by atoms with E-state index in [-0.39, 0.29) is 17.9 Å². The molecule has 0 radical (unpaired) electrons. The van der Waals surface area contributed by atoms with Crippen molar-refractivity contribution < 1.29 is 28.6 Å². The quantitative estimate of drug-likeness (QED) is 0.714. The normalized spacial score (nSPS) is 10.0. The summed E-state index contributed by atoms with van der Waals surface area (Å²) < 4.78 is 9.78. The molecule has 0 saturated carbocycles. The Labute approximate surface area is 137 Å². The molecule has 126 valence electrons. The lowest BCUT2D eigenvalue weighted by atomic mass is 10.1. The van der Waals surface area contributed by atoms with E-state index in [0.29, 0.717) is 11.3 Å². The molecule has 0 saturated heterocycles. The van der Waals surface area contributed by atoms with Crippen molar-refractivity contribution in [3.8, 4) is 5.75 Å². The Morgan fingerprint density at radius 2 is 2.00 bits per heavy atom. The summed E-state index contributed by atoms with van der Waals surface area (Å²) in [5.41, 5.74) is 0.455. The first kappa shape index (κ1) is 17.1. The van der Waals surface area contributed by atoms with Gasteiger partial charge in [-0.05, 0) is 30.7 Å². The first-order valence-electron chi connectivity index (χ1n) is 7.03. The number of phenolic OH excluding ortho intramolecular Hbond substituents is 1. The number of urea groups is 1. The minimum atomic E-state index is -0.859. The molecule has 24 heavy (non-hydrogen) atoms. The highest BCUT2D eigenvalue weighted by Crippen LogP contribution is 2.21. The number of amides is 3. The Kier molecular flexibility index (Phi) is 5.56. The van der Waals surface area contributed by atoms with Gasteiger partial charge in [-0.1, -0.05) is 12.1 Å². The number of phenols is 1. The number of hydrogen-bond donors (Lipinski definition) is 3. The lowest BCUT2D eigenvalue weighted by molar-refractivity contribution is -0.123. The minimum absolute atomic E-state index is 0.0509. The van der Waals surface area contributed by atoms with Gasteiger partial charge in [0.1, 0.15) is 17.1 Å². The summed E-state index contributed by atoms with van der Waals surface area (Å²) in [6.07, 6.45) is 1.46. The van der Waals surface area contributed by atoms with Crippen LogP contribution in [0.1, 0.15) is 21.7 Å². The second kappa shape index (κ2) is 7.82. The topological polar surface area (TPSA) is 118 Å². The molecule has 1 aromatic carbocycles. The third-order valence-electron chi connectivity index (χ3n) is 3.05. The molecule has 1 heterocycles. The van der Waals surface area contributed by atoms with Gasteiger partial charge in [-0.25, -0.2) is 9.59 Å². The Bertz CT molecular complexity index is 739. The molecule has 0 fully saturated rings. The second-order valence-electron chi connectivity index (χ2n) is 4.86. The van der Waals surface area contributed by atoms with Crippen molar-refractivity contribution >= 4 is 17.9 Å². The largest absolute Gasteiger partial charge is 0.507 e. The molecular formula is C16H16N2O6. The van der Waals surface area contributed by atoms with Gasteiger partial charge in [0.05, 0.1) is 12.8 Å². The monoisotopic (exact) mass is 332 g/mol. The van der Waals surface area contributed by atoms with Crippen LogP contribution in [0.3, 0.4) is 0 Å². The van der Waals surface area contributed by atoms with Crippen LogP contribution in [-0.4, -0.2) is 29.6 Å². The number of carbonyl (C=O) groups excluding carboxylic acids is 3. The van der Waals surface area contributed by atoms with Gasteiger partial charge in [-0.2, -0.15) is 0 Å². The van der Waals surface area contributed by atoms with E-state index in [2.05, 4.69) is 5.32 Å². The van der Waals surface area contributed by atoms with Crippen molar-refractivity contribution in [2.45, 2.75) is 13.5 Å². The summed E-state index contributed by atoms with van der Waals surface area (Å²) in [6.45, 7) is 1.09. The van der Waals surface area contributed by atoms with Gasteiger partial charge in [-0.15, -0.1) is 0 Å². The Morgan fingerprint density at radius 3 is 2.71 bits per heavy atom. The Hall–Kier alpha value is -3.29. The van der Waals surface area contributed by atoms with E-state index in [1.54, 1.807) is 31.2 Å². The van der Waals surface area contributed by atoms with Crippen molar-refractivity contribution in [2.24, 2.45) is 0 Å². The molecule has 0 aliphatic carbocycles. The molecule has 3 N–H and O–H groups in total. The number of imide groups is 1. The summed E-state index contributed by atoms with van der Waals surface area (Å²) in [4.78, 5) is 34.9. The van der Waals surface area contributed by atoms with Gasteiger partial charge >= 0.3 is 12.0 Å². The molecule has 0 atom stereocenters. The molecule has 1 aromatic heterocycles. The maximum absolute atomic E-state index is 11.8. The Balaban J connectivity index is 1.77. The van der Waals surface area contributed by atoms with Gasteiger partial charge in [0.2, 0.25) is 0 Å². The van der Waals surface area contributed by atoms with Crippen LogP contribution in [0.2, 0.25) is 0 Å². The maximum Gasteiger partial charge on any atom is 0.342 e. The highest BCUT2D eigenvalue weighted by molar-refractivity contribution is 5.97. The number of para-hydroxylation sites is 1. The average Bonchev–Trinajstić information content (AvgIpc) is 3.07. The van der Waals surface area contributed by atoms with E-state index in [1.807, 2.05) is 5.32 Å². The molecule has 0 spiro atoms. The standard InChI is InChI=1S/C16H16N2O6/c1-10-4-2-6-12(14(10)20)15(21)24-9-13(19)18-16(22)17-8-11-5-3-7-23-11/h2-7,20H,8-9H2,1H3,(H2,17,18,19,22). The zero-order valence-corrected chi connectivity index (χ0v) is 12.9. The van der Waals surface area contributed by atoms with Gasteiger partial charge in [0, 0.05) is 0 Å². The molecule has 0 aliphatic rings. The number of carbonyl (C=O) groups is 3. The van der Waals surface area contributed by atoms with Crippen molar-refractivity contribution in [3.05, 3.63) is 53.5 Å². The molecule has 2 rings (SSSR count). The van der Waals surface area contributed by atoms with Crippen LogP contribution in [0.4, 0.5) is 4.79 Å². The van der Waals surface area contributed by atoms with Crippen molar-refractivity contribution in [2.75, 3.05) is 6.61 Å². The van der Waals surface area contributed by atoms with Crippen LogP contribution in [-0.2, 0) is 16.1 Å². The number of furan rings is 1. The van der Waals surface area contributed by atoms with Gasteiger partial charge in [0.15, 0.2) is 6.61 Å². The average molecular weight is 332 g/mol. The van der Waals surface area contributed by atoms with E-state index in [9.17, 15) is 19.5 Å². The first-order valence-corrected chi connectivity index (χ1v) is 7.03. The molecule has 0 bridgehead atoms. The van der Waals surface area contributed by atoms with Crippen molar-refractivity contribution in [1.29, 1.82) is 0 Å². The van der Waals surface area contributed by atoms with Crippen molar-refractivity contribution in [3.63, 3.8) is 0 Å². The number of ether oxygens (including phenoxy) is 1. The van der Waals surface area contributed by atoms with E-state index < -0.39 is 24.5 Å². The number of nitrogens with one attached hydrogen (secondary N) is 2. The van der Waals surface area contributed by atoms with Gasteiger partial charge in [-0.3, -0.25) is 10.1 Å². The van der Waals surface area contributed by atoms with E-state index in [4.69, 9.17) is 9.15 Å². The summed E-state index contributed by atoms with van der Waals surface area (Å²) in [7, 11) is 0.